The monoisotopic (exact) mass is 336 g/mol. The number of carbonyl (C=O) groups excluding carboxylic acids is 2. The summed E-state index contributed by atoms with van der Waals surface area (Å²) in [5.74, 6) is -1.97. The molecule has 0 aliphatic carbocycles. The lowest BCUT2D eigenvalue weighted by Gasteiger charge is -2.26. The van der Waals surface area contributed by atoms with Gasteiger partial charge in [-0.05, 0) is 51.8 Å². The number of carboxylic acids is 1. The summed E-state index contributed by atoms with van der Waals surface area (Å²) < 4.78 is 10.5. The molecule has 0 radical (unpaired) electrons. The van der Waals surface area contributed by atoms with E-state index in [1.165, 1.54) is 0 Å². The van der Waals surface area contributed by atoms with E-state index < -0.39 is 29.4 Å². The minimum atomic E-state index is -1.24. The summed E-state index contributed by atoms with van der Waals surface area (Å²) in [6.45, 7) is 8.86. The lowest BCUT2D eigenvalue weighted by atomic mass is 9.91. The fourth-order valence-corrected chi connectivity index (χ4v) is 1.82. The van der Waals surface area contributed by atoms with Crippen molar-refractivity contribution in [3.8, 4) is 5.75 Å². The highest BCUT2D eigenvalue weighted by atomic mass is 16.6. The van der Waals surface area contributed by atoms with Gasteiger partial charge in [0.05, 0.1) is 5.41 Å². The molecule has 6 heteroatoms. The number of aliphatic carboxylic acids is 1. The van der Waals surface area contributed by atoms with Gasteiger partial charge in [-0.2, -0.15) is 0 Å². The second-order valence-electron chi connectivity index (χ2n) is 6.71. The third-order valence-electron chi connectivity index (χ3n) is 3.86. The number of benzene rings is 1. The topological polar surface area (TPSA) is 89.9 Å². The van der Waals surface area contributed by atoms with E-state index in [9.17, 15) is 14.4 Å². The zero-order valence-corrected chi connectivity index (χ0v) is 14.7. The van der Waals surface area contributed by atoms with Crippen molar-refractivity contribution in [1.82, 2.24) is 0 Å². The zero-order valence-electron chi connectivity index (χ0n) is 14.7. The zero-order chi connectivity index (χ0) is 18.5. The summed E-state index contributed by atoms with van der Waals surface area (Å²) in [5, 5.41) is 8.61. The van der Waals surface area contributed by atoms with Crippen molar-refractivity contribution in [2.45, 2.75) is 53.1 Å². The first kappa shape index (κ1) is 19.7. The van der Waals surface area contributed by atoms with Crippen LogP contribution in [-0.2, 0) is 24.7 Å². The van der Waals surface area contributed by atoms with Crippen LogP contribution in [0.25, 0.3) is 0 Å². The van der Waals surface area contributed by atoms with E-state index in [1.807, 2.05) is 20.8 Å². The molecule has 0 aliphatic heterocycles. The van der Waals surface area contributed by atoms with Gasteiger partial charge in [-0.3, -0.25) is 14.4 Å². The van der Waals surface area contributed by atoms with Crippen LogP contribution >= 0.6 is 0 Å². The molecule has 0 unspecified atom stereocenters. The number of hydrogen-bond donors (Lipinski definition) is 1. The molecule has 1 aromatic carbocycles. The summed E-state index contributed by atoms with van der Waals surface area (Å²) in [4.78, 5) is 34.1. The molecule has 24 heavy (non-hydrogen) atoms. The van der Waals surface area contributed by atoms with E-state index in [0.717, 1.165) is 0 Å². The Morgan fingerprint density at radius 3 is 2.04 bits per heavy atom. The molecule has 0 fully saturated rings. The highest BCUT2D eigenvalue weighted by Crippen LogP contribution is 2.28. The average molecular weight is 336 g/mol. The summed E-state index contributed by atoms with van der Waals surface area (Å²) in [6, 6.07) is 6.59. The minimum absolute atomic E-state index is 0.315. The molecule has 0 spiro atoms. The van der Waals surface area contributed by atoms with E-state index in [1.54, 1.807) is 38.1 Å². The first-order chi connectivity index (χ1) is 11.0. The standard InChI is InChI=1S/C18H24O6/c1-6-17(2,3)16(22)23-13-9-7-12(8-10-13)18(4,5)24-15(21)11-14(19)20/h7-10H,6,11H2,1-5H3,(H,19,20). The van der Waals surface area contributed by atoms with Gasteiger partial charge in [-0.15, -0.1) is 0 Å². The number of hydrogen-bond acceptors (Lipinski definition) is 5. The number of rotatable bonds is 7. The molecule has 1 aromatic rings. The van der Waals surface area contributed by atoms with E-state index in [-0.39, 0.29) is 5.97 Å². The molecule has 0 saturated heterocycles. The van der Waals surface area contributed by atoms with Crippen LogP contribution < -0.4 is 4.74 Å². The first-order valence-corrected chi connectivity index (χ1v) is 7.74. The molecule has 132 valence electrons. The second-order valence-corrected chi connectivity index (χ2v) is 6.71. The van der Waals surface area contributed by atoms with E-state index in [4.69, 9.17) is 14.6 Å². The van der Waals surface area contributed by atoms with Crippen LogP contribution in [0.15, 0.2) is 24.3 Å². The molecular weight excluding hydrogens is 312 g/mol. The molecule has 0 amide bonds. The second kappa shape index (κ2) is 7.47. The van der Waals surface area contributed by atoms with Gasteiger partial charge in [-0.25, -0.2) is 0 Å². The van der Waals surface area contributed by atoms with Crippen molar-refractivity contribution >= 4 is 17.9 Å². The van der Waals surface area contributed by atoms with Gasteiger partial charge in [0.25, 0.3) is 0 Å². The fourth-order valence-electron chi connectivity index (χ4n) is 1.82. The predicted octanol–water partition coefficient (Wildman–Crippen LogP) is 3.28. The third-order valence-corrected chi connectivity index (χ3v) is 3.86. The Morgan fingerprint density at radius 1 is 1.04 bits per heavy atom. The predicted molar refractivity (Wildman–Crippen MR) is 87.5 cm³/mol. The molecule has 0 heterocycles. The maximum atomic E-state index is 12.0. The fraction of sp³-hybridized carbons (Fsp3) is 0.500. The van der Waals surface area contributed by atoms with Gasteiger partial charge in [-0.1, -0.05) is 19.1 Å². The summed E-state index contributed by atoms with van der Waals surface area (Å²) in [5.41, 5.74) is -0.891. The van der Waals surface area contributed by atoms with E-state index in [2.05, 4.69) is 0 Å². The average Bonchev–Trinajstić information content (AvgIpc) is 2.46. The molecule has 6 nitrogen and oxygen atoms in total. The maximum absolute atomic E-state index is 12.0. The van der Waals surface area contributed by atoms with Gasteiger partial charge in [0.2, 0.25) is 0 Å². The highest BCUT2D eigenvalue weighted by Gasteiger charge is 2.29. The third kappa shape index (κ3) is 5.37. The van der Waals surface area contributed by atoms with Crippen LogP contribution in [0.2, 0.25) is 0 Å². The van der Waals surface area contributed by atoms with Crippen molar-refractivity contribution < 1.29 is 29.0 Å². The summed E-state index contributed by atoms with van der Waals surface area (Å²) in [7, 11) is 0. The van der Waals surface area contributed by atoms with Crippen LogP contribution in [0.5, 0.6) is 5.75 Å². The van der Waals surface area contributed by atoms with Crippen molar-refractivity contribution in [2.24, 2.45) is 5.41 Å². The van der Waals surface area contributed by atoms with Gasteiger partial charge in [0.1, 0.15) is 17.8 Å². The van der Waals surface area contributed by atoms with E-state index >= 15 is 0 Å². The molecule has 0 saturated carbocycles. The Labute approximate surface area is 141 Å². The van der Waals surface area contributed by atoms with Crippen LogP contribution in [0, 0.1) is 5.41 Å². The van der Waals surface area contributed by atoms with Crippen molar-refractivity contribution in [3.63, 3.8) is 0 Å². The molecule has 0 aromatic heterocycles. The lowest BCUT2D eigenvalue weighted by molar-refractivity contribution is -0.161. The summed E-state index contributed by atoms with van der Waals surface area (Å²) >= 11 is 0. The largest absolute Gasteiger partial charge is 0.481 e. The minimum Gasteiger partial charge on any atom is -0.481 e. The lowest BCUT2D eigenvalue weighted by Crippen LogP contribution is -2.28. The molecule has 1 rings (SSSR count). The molecule has 1 N–H and O–H groups in total. The van der Waals surface area contributed by atoms with Gasteiger partial charge in [0.15, 0.2) is 0 Å². The van der Waals surface area contributed by atoms with Crippen molar-refractivity contribution in [1.29, 1.82) is 0 Å². The van der Waals surface area contributed by atoms with Crippen LogP contribution in [0.4, 0.5) is 0 Å². The number of ether oxygens (including phenoxy) is 2. The van der Waals surface area contributed by atoms with Gasteiger partial charge in [0, 0.05) is 0 Å². The van der Waals surface area contributed by atoms with Gasteiger partial charge >= 0.3 is 17.9 Å². The Hall–Kier alpha value is -2.37. The van der Waals surface area contributed by atoms with Crippen LogP contribution in [0.3, 0.4) is 0 Å². The number of carboxylic acid groups (broad SMARTS) is 1. The number of carbonyl (C=O) groups is 3. The molecular formula is C18H24O6. The first-order valence-electron chi connectivity index (χ1n) is 7.74. The highest BCUT2D eigenvalue weighted by molar-refractivity contribution is 5.90. The van der Waals surface area contributed by atoms with Crippen molar-refractivity contribution in [2.75, 3.05) is 0 Å². The Morgan fingerprint density at radius 2 is 1.58 bits per heavy atom. The molecule has 0 atom stereocenters. The Bertz CT molecular complexity index is 613. The van der Waals surface area contributed by atoms with E-state index in [0.29, 0.717) is 17.7 Å². The van der Waals surface area contributed by atoms with Gasteiger partial charge < -0.3 is 14.6 Å². The quantitative estimate of drug-likeness (QED) is 0.467. The molecule has 0 aliphatic rings. The van der Waals surface area contributed by atoms with Crippen LogP contribution in [-0.4, -0.2) is 23.0 Å². The SMILES string of the molecule is CCC(C)(C)C(=O)Oc1ccc(C(C)(C)OC(=O)CC(=O)O)cc1. The van der Waals surface area contributed by atoms with Crippen molar-refractivity contribution in [3.05, 3.63) is 29.8 Å². The molecule has 0 bridgehead atoms. The van der Waals surface area contributed by atoms with Crippen LogP contribution in [0.1, 0.15) is 53.0 Å². The number of esters is 2. The normalized spacial score (nSPS) is 11.7. The smallest absolute Gasteiger partial charge is 0.318 e. The summed E-state index contributed by atoms with van der Waals surface area (Å²) in [6.07, 6.45) is -0.0261. The maximum Gasteiger partial charge on any atom is 0.318 e. The Kier molecular flexibility index (Phi) is 6.12. The Balaban J connectivity index is 2.81.